The average Bonchev–Trinajstić information content (AvgIpc) is 2.15. The summed E-state index contributed by atoms with van der Waals surface area (Å²) in [5, 5.41) is 0. The molecule has 0 fully saturated rings. The Labute approximate surface area is 103 Å². The lowest BCUT2D eigenvalue weighted by atomic mass is 10.1. The maximum absolute atomic E-state index is 5.57. The number of nitrogens with two attached hydrogens (primary N) is 1. The van der Waals surface area contributed by atoms with Gasteiger partial charge >= 0.3 is 0 Å². The Morgan fingerprint density at radius 1 is 1.20 bits per heavy atom. The first-order valence-corrected chi connectivity index (χ1v) is 4.43. The van der Waals surface area contributed by atoms with E-state index in [9.17, 15) is 0 Å². The van der Waals surface area contributed by atoms with Crippen molar-refractivity contribution in [1.29, 1.82) is 0 Å². The minimum Gasteiger partial charge on any atom is -0.399 e. The summed E-state index contributed by atoms with van der Waals surface area (Å²) in [6.45, 7) is 0.876. The Balaban J connectivity index is 0. The fourth-order valence-corrected chi connectivity index (χ4v) is 1.15. The maximum atomic E-state index is 5.57. The number of hydrogen-bond donors (Lipinski definition) is 2. The van der Waals surface area contributed by atoms with Crippen molar-refractivity contribution in [3.63, 3.8) is 0 Å². The lowest BCUT2D eigenvalue weighted by molar-refractivity contribution is 0.0911. The molecule has 1 rings (SSSR count). The van der Waals surface area contributed by atoms with Gasteiger partial charge in [0.1, 0.15) is 0 Å². The largest absolute Gasteiger partial charge is 0.399 e. The van der Waals surface area contributed by atoms with Crippen molar-refractivity contribution in [2.45, 2.75) is 12.8 Å². The van der Waals surface area contributed by atoms with Crippen LogP contribution in [0.3, 0.4) is 0 Å². The molecule has 0 bridgehead atoms. The van der Waals surface area contributed by atoms with Gasteiger partial charge < -0.3 is 10.6 Å². The van der Waals surface area contributed by atoms with Gasteiger partial charge in [0.05, 0.1) is 7.11 Å². The Kier molecular flexibility index (Phi) is 11.3. The van der Waals surface area contributed by atoms with Crippen molar-refractivity contribution < 1.29 is 4.84 Å². The van der Waals surface area contributed by atoms with Gasteiger partial charge in [0.25, 0.3) is 0 Å². The summed E-state index contributed by atoms with van der Waals surface area (Å²) >= 11 is 0. The van der Waals surface area contributed by atoms with E-state index in [0.29, 0.717) is 0 Å². The molecule has 0 atom stereocenters. The SMILES string of the molecule is CONCCCc1ccc(N)cc1.Cl.Cl. The van der Waals surface area contributed by atoms with Crippen LogP contribution >= 0.6 is 24.8 Å². The number of aryl methyl sites for hydroxylation is 1. The van der Waals surface area contributed by atoms with Crippen LogP contribution < -0.4 is 11.2 Å². The molecular formula is C10H18Cl2N2O. The van der Waals surface area contributed by atoms with Crippen molar-refractivity contribution in [1.82, 2.24) is 5.48 Å². The molecule has 3 N–H and O–H groups in total. The fourth-order valence-electron chi connectivity index (χ4n) is 1.15. The molecule has 0 aliphatic heterocycles. The molecule has 0 radical (unpaired) electrons. The van der Waals surface area contributed by atoms with E-state index < -0.39 is 0 Å². The summed E-state index contributed by atoms with van der Waals surface area (Å²) in [5.74, 6) is 0. The number of halogens is 2. The summed E-state index contributed by atoms with van der Waals surface area (Å²) < 4.78 is 0. The lowest BCUT2D eigenvalue weighted by Gasteiger charge is -2.02. The molecule has 0 saturated heterocycles. The molecule has 5 heteroatoms. The number of rotatable bonds is 5. The molecule has 3 nitrogen and oxygen atoms in total. The van der Waals surface area contributed by atoms with Crippen molar-refractivity contribution in [3.05, 3.63) is 29.8 Å². The van der Waals surface area contributed by atoms with Gasteiger partial charge in [0.2, 0.25) is 0 Å². The summed E-state index contributed by atoms with van der Waals surface area (Å²) in [6, 6.07) is 7.97. The van der Waals surface area contributed by atoms with Crippen LogP contribution in [0.2, 0.25) is 0 Å². The van der Waals surface area contributed by atoms with Gasteiger partial charge in [-0.1, -0.05) is 12.1 Å². The highest BCUT2D eigenvalue weighted by Crippen LogP contribution is 2.06. The quantitative estimate of drug-likeness (QED) is 0.480. The molecule has 0 heterocycles. The predicted octanol–water partition coefficient (Wildman–Crippen LogP) is 2.20. The zero-order valence-electron chi connectivity index (χ0n) is 8.73. The van der Waals surface area contributed by atoms with Gasteiger partial charge in [-0.25, -0.2) is 5.48 Å². The van der Waals surface area contributed by atoms with E-state index in [0.717, 1.165) is 25.1 Å². The first-order chi connectivity index (χ1) is 6.33. The normalized spacial score (nSPS) is 8.87. The van der Waals surface area contributed by atoms with E-state index in [1.54, 1.807) is 7.11 Å². The Morgan fingerprint density at radius 2 is 1.80 bits per heavy atom. The van der Waals surface area contributed by atoms with Crippen molar-refractivity contribution in [2.24, 2.45) is 0 Å². The van der Waals surface area contributed by atoms with E-state index in [1.807, 2.05) is 12.1 Å². The Hall–Kier alpha value is -0.480. The van der Waals surface area contributed by atoms with E-state index in [1.165, 1.54) is 5.56 Å². The second-order valence-electron chi connectivity index (χ2n) is 2.94. The number of anilines is 1. The molecule has 1 aromatic rings. The van der Waals surface area contributed by atoms with Gasteiger partial charge in [-0.05, 0) is 30.5 Å². The van der Waals surface area contributed by atoms with E-state index in [-0.39, 0.29) is 24.8 Å². The van der Waals surface area contributed by atoms with Crippen LogP contribution in [0.1, 0.15) is 12.0 Å². The second kappa shape index (κ2) is 10.1. The number of benzene rings is 1. The minimum atomic E-state index is 0. The van der Waals surface area contributed by atoms with Crippen LogP contribution in [0.15, 0.2) is 24.3 Å². The topological polar surface area (TPSA) is 47.3 Å². The highest BCUT2D eigenvalue weighted by Gasteiger charge is 1.92. The standard InChI is InChI=1S/C10H16N2O.2ClH/c1-13-12-8-2-3-9-4-6-10(11)7-5-9;;/h4-7,12H,2-3,8,11H2,1H3;2*1H. The molecule has 0 amide bonds. The van der Waals surface area contributed by atoms with Gasteiger partial charge in [-0.3, -0.25) is 0 Å². The van der Waals surface area contributed by atoms with Crippen LogP contribution in [0.4, 0.5) is 5.69 Å². The van der Waals surface area contributed by atoms with Gasteiger partial charge in [0, 0.05) is 12.2 Å². The molecule has 0 aliphatic rings. The van der Waals surface area contributed by atoms with Crippen LogP contribution in [0.25, 0.3) is 0 Å². The van der Waals surface area contributed by atoms with Crippen molar-refractivity contribution in [2.75, 3.05) is 19.4 Å². The molecule has 1 aromatic carbocycles. The first kappa shape index (κ1) is 16.9. The fraction of sp³-hybridized carbons (Fsp3) is 0.400. The smallest absolute Gasteiger partial charge is 0.0572 e. The minimum absolute atomic E-state index is 0. The third-order valence-corrected chi connectivity index (χ3v) is 1.87. The highest BCUT2D eigenvalue weighted by molar-refractivity contribution is 5.85. The van der Waals surface area contributed by atoms with E-state index >= 15 is 0 Å². The summed E-state index contributed by atoms with van der Waals surface area (Å²) in [7, 11) is 1.63. The molecule has 0 aromatic heterocycles. The first-order valence-electron chi connectivity index (χ1n) is 4.43. The molecular weight excluding hydrogens is 235 g/mol. The zero-order chi connectivity index (χ0) is 9.52. The second-order valence-corrected chi connectivity index (χ2v) is 2.94. The third kappa shape index (κ3) is 7.45. The summed E-state index contributed by atoms with van der Waals surface area (Å²) in [4.78, 5) is 4.73. The average molecular weight is 253 g/mol. The van der Waals surface area contributed by atoms with Crippen LogP contribution in [0.5, 0.6) is 0 Å². The van der Waals surface area contributed by atoms with Crippen LogP contribution in [0, 0.1) is 0 Å². The Bertz CT molecular complexity index is 242. The van der Waals surface area contributed by atoms with Gasteiger partial charge in [-0.2, -0.15) is 0 Å². The molecule has 15 heavy (non-hydrogen) atoms. The monoisotopic (exact) mass is 252 g/mol. The number of hydroxylamine groups is 1. The van der Waals surface area contributed by atoms with Gasteiger partial charge in [0.15, 0.2) is 0 Å². The number of nitrogen functional groups attached to an aromatic ring is 1. The maximum Gasteiger partial charge on any atom is 0.0572 e. The van der Waals surface area contributed by atoms with Crippen molar-refractivity contribution >= 4 is 30.5 Å². The summed E-state index contributed by atoms with van der Waals surface area (Å²) in [5.41, 5.74) is 10.5. The van der Waals surface area contributed by atoms with E-state index in [4.69, 9.17) is 10.6 Å². The molecule has 88 valence electrons. The molecule has 0 spiro atoms. The molecule has 0 aliphatic carbocycles. The number of nitrogens with one attached hydrogen (secondary N) is 1. The zero-order valence-corrected chi connectivity index (χ0v) is 10.4. The lowest BCUT2D eigenvalue weighted by Crippen LogP contribution is -2.13. The van der Waals surface area contributed by atoms with Crippen molar-refractivity contribution in [3.8, 4) is 0 Å². The molecule has 0 saturated carbocycles. The van der Waals surface area contributed by atoms with Gasteiger partial charge in [-0.15, -0.1) is 24.8 Å². The highest BCUT2D eigenvalue weighted by atomic mass is 35.5. The van der Waals surface area contributed by atoms with Crippen LogP contribution in [-0.4, -0.2) is 13.7 Å². The summed E-state index contributed by atoms with van der Waals surface area (Å²) in [6.07, 6.45) is 2.12. The predicted molar refractivity (Wildman–Crippen MR) is 68.7 cm³/mol. The third-order valence-electron chi connectivity index (χ3n) is 1.87. The van der Waals surface area contributed by atoms with E-state index in [2.05, 4.69) is 17.6 Å². The van der Waals surface area contributed by atoms with Crippen LogP contribution in [-0.2, 0) is 11.3 Å². The Morgan fingerprint density at radius 3 is 2.33 bits per heavy atom. The molecule has 0 unspecified atom stereocenters. The number of hydrogen-bond acceptors (Lipinski definition) is 3.